The molecule has 2 N–H and O–H groups in total. The molecule has 0 aliphatic carbocycles. The van der Waals surface area contributed by atoms with Crippen LogP contribution in [0.25, 0.3) is 0 Å². The van der Waals surface area contributed by atoms with Crippen LogP contribution in [0.2, 0.25) is 0 Å². The number of benzene rings is 1. The molecule has 1 amide bonds. The molecule has 5 nitrogen and oxygen atoms in total. The van der Waals surface area contributed by atoms with Crippen molar-refractivity contribution in [2.24, 2.45) is 0 Å². The first kappa shape index (κ1) is 15.5. The lowest BCUT2D eigenvalue weighted by Crippen LogP contribution is -2.46. The Labute approximate surface area is 126 Å². The number of hydrogen-bond acceptors (Lipinski definition) is 4. The molecule has 5 heteroatoms. The molecule has 0 radical (unpaired) electrons. The molecule has 1 aromatic rings. The fourth-order valence-electron chi connectivity index (χ4n) is 2.72. The summed E-state index contributed by atoms with van der Waals surface area (Å²) in [5.41, 5.74) is 7.60. The van der Waals surface area contributed by atoms with Gasteiger partial charge in [0.25, 0.3) is 0 Å². The Bertz CT molecular complexity index is 500. The maximum atomic E-state index is 12.4. The highest BCUT2D eigenvalue weighted by atomic mass is 16.5. The first-order valence-electron chi connectivity index (χ1n) is 7.68. The Kier molecular flexibility index (Phi) is 4.94. The molecule has 1 atom stereocenters. The number of nitrogens with zero attached hydrogens (tertiary/aromatic N) is 2. The van der Waals surface area contributed by atoms with Crippen LogP contribution in [0.15, 0.2) is 18.2 Å². The van der Waals surface area contributed by atoms with Crippen LogP contribution < -0.4 is 15.4 Å². The van der Waals surface area contributed by atoms with Gasteiger partial charge >= 0.3 is 0 Å². The summed E-state index contributed by atoms with van der Waals surface area (Å²) < 4.78 is 5.94. The molecule has 1 aromatic carbocycles. The van der Waals surface area contributed by atoms with Gasteiger partial charge in [0, 0.05) is 13.1 Å². The molecule has 0 saturated carbocycles. The zero-order valence-electron chi connectivity index (χ0n) is 13.1. The minimum absolute atomic E-state index is 0.101. The minimum atomic E-state index is 0.101. The normalized spacial score (nSPS) is 17.1. The van der Waals surface area contributed by atoms with Gasteiger partial charge in [-0.05, 0) is 32.4 Å². The highest BCUT2D eigenvalue weighted by Crippen LogP contribution is 2.38. The zero-order chi connectivity index (χ0) is 15.4. The fourth-order valence-corrected chi connectivity index (χ4v) is 2.72. The monoisotopic (exact) mass is 291 g/mol. The largest absolute Gasteiger partial charge is 0.486 e. The Morgan fingerprint density at radius 2 is 2.10 bits per heavy atom. The van der Waals surface area contributed by atoms with E-state index in [0.29, 0.717) is 18.8 Å². The van der Waals surface area contributed by atoms with Gasteiger partial charge < -0.3 is 20.3 Å². The van der Waals surface area contributed by atoms with E-state index < -0.39 is 0 Å². The summed E-state index contributed by atoms with van der Waals surface area (Å²) in [5, 5.41) is 0. The minimum Gasteiger partial charge on any atom is -0.486 e. The van der Waals surface area contributed by atoms with Crippen LogP contribution in [-0.4, -0.2) is 43.1 Å². The van der Waals surface area contributed by atoms with Gasteiger partial charge in [-0.3, -0.25) is 4.79 Å². The van der Waals surface area contributed by atoms with Crippen molar-refractivity contribution >= 4 is 17.3 Å². The van der Waals surface area contributed by atoms with Gasteiger partial charge in [-0.2, -0.15) is 0 Å². The van der Waals surface area contributed by atoms with E-state index in [-0.39, 0.29) is 12.0 Å². The van der Waals surface area contributed by atoms with Crippen molar-refractivity contribution in [3.05, 3.63) is 18.2 Å². The van der Waals surface area contributed by atoms with Crippen LogP contribution in [0.3, 0.4) is 0 Å². The summed E-state index contributed by atoms with van der Waals surface area (Å²) in [6, 6.07) is 5.66. The number of nitrogens with two attached hydrogens (primary N) is 1. The van der Waals surface area contributed by atoms with Crippen molar-refractivity contribution in [2.75, 3.05) is 36.8 Å². The molecule has 0 aromatic heterocycles. The number of fused-ring (bicyclic) bond motifs is 1. The molecular weight excluding hydrogens is 266 g/mol. The molecule has 0 saturated heterocycles. The van der Waals surface area contributed by atoms with Crippen molar-refractivity contribution in [3.63, 3.8) is 0 Å². The summed E-state index contributed by atoms with van der Waals surface area (Å²) in [6.45, 7) is 8.59. The smallest absolute Gasteiger partial charge is 0.242 e. The molecule has 0 fully saturated rings. The number of anilines is 2. The van der Waals surface area contributed by atoms with Crippen LogP contribution >= 0.6 is 0 Å². The molecule has 2 rings (SSSR count). The third kappa shape index (κ3) is 3.23. The average Bonchev–Trinajstić information content (AvgIpc) is 2.48. The molecule has 21 heavy (non-hydrogen) atoms. The Balaban J connectivity index is 2.25. The van der Waals surface area contributed by atoms with Gasteiger partial charge in [-0.1, -0.05) is 13.0 Å². The Hall–Kier alpha value is -1.91. The van der Waals surface area contributed by atoms with Crippen molar-refractivity contribution in [1.82, 2.24) is 4.90 Å². The molecule has 116 valence electrons. The maximum Gasteiger partial charge on any atom is 0.242 e. The highest BCUT2D eigenvalue weighted by molar-refractivity contribution is 5.85. The van der Waals surface area contributed by atoms with Crippen molar-refractivity contribution in [3.8, 4) is 5.75 Å². The first-order chi connectivity index (χ1) is 10.1. The van der Waals surface area contributed by atoms with Crippen LogP contribution in [0.1, 0.15) is 27.2 Å². The predicted octanol–water partition coefficient (Wildman–Crippen LogP) is 2.11. The van der Waals surface area contributed by atoms with Crippen LogP contribution in [0.5, 0.6) is 5.75 Å². The van der Waals surface area contributed by atoms with E-state index in [4.69, 9.17) is 10.5 Å². The first-order valence-corrected chi connectivity index (χ1v) is 7.68. The molecule has 0 bridgehead atoms. The molecule has 1 unspecified atom stereocenters. The van der Waals surface area contributed by atoms with Crippen molar-refractivity contribution in [2.45, 2.75) is 33.3 Å². The third-order valence-corrected chi connectivity index (χ3v) is 3.96. The van der Waals surface area contributed by atoms with E-state index in [9.17, 15) is 4.79 Å². The summed E-state index contributed by atoms with van der Waals surface area (Å²) in [4.78, 5) is 16.3. The topological polar surface area (TPSA) is 58.8 Å². The summed E-state index contributed by atoms with van der Waals surface area (Å²) >= 11 is 0. The molecule has 1 aliphatic heterocycles. The quantitative estimate of drug-likeness (QED) is 0.844. The van der Waals surface area contributed by atoms with Gasteiger partial charge in [0.15, 0.2) is 0 Å². The predicted molar refractivity (Wildman–Crippen MR) is 85.7 cm³/mol. The second-order valence-corrected chi connectivity index (χ2v) is 5.29. The van der Waals surface area contributed by atoms with Crippen LogP contribution in [0.4, 0.5) is 11.4 Å². The van der Waals surface area contributed by atoms with Gasteiger partial charge in [0.1, 0.15) is 17.5 Å². The van der Waals surface area contributed by atoms with Crippen molar-refractivity contribution in [1.29, 1.82) is 0 Å². The third-order valence-electron chi connectivity index (χ3n) is 3.96. The zero-order valence-corrected chi connectivity index (χ0v) is 13.1. The molecular formula is C16H25N3O2. The van der Waals surface area contributed by atoms with E-state index in [1.165, 1.54) is 0 Å². The number of hydrogen-bond donors (Lipinski definition) is 1. The van der Waals surface area contributed by atoms with E-state index in [1.54, 1.807) is 0 Å². The summed E-state index contributed by atoms with van der Waals surface area (Å²) in [7, 11) is 0. The molecule has 1 aliphatic rings. The van der Waals surface area contributed by atoms with Gasteiger partial charge in [0.2, 0.25) is 5.91 Å². The van der Waals surface area contributed by atoms with E-state index in [1.807, 2.05) is 36.9 Å². The van der Waals surface area contributed by atoms with Gasteiger partial charge in [0.05, 0.1) is 18.8 Å². The maximum absolute atomic E-state index is 12.4. The Morgan fingerprint density at radius 3 is 2.71 bits per heavy atom. The number of amides is 1. The number of rotatable bonds is 5. The summed E-state index contributed by atoms with van der Waals surface area (Å²) in [6.07, 6.45) is 1.01. The second kappa shape index (κ2) is 6.70. The second-order valence-electron chi connectivity index (χ2n) is 5.29. The lowest BCUT2D eigenvalue weighted by Gasteiger charge is -2.37. The molecule has 1 heterocycles. The summed E-state index contributed by atoms with van der Waals surface area (Å²) in [5.74, 6) is 0.909. The Morgan fingerprint density at radius 1 is 1.38 bits per heavy atom. The van der Waals surface area contributed by atoms with E-state index >= 15 is 0 Å². The highest BCUT2D eigenvalue weighted by Gasteiger charge is 2.28. The van der Waals surface area contributed by atoms with Gasteiger partial charge in [-0.25, -0.2) is 0 Å². The SMILES string of the molecule is CCC1CN(CC(=O)N(CC)CC)c2c(N)cccc2O1. The van der Waals surface area contributed by atoms with E-state index in [0.717, 1.165) is 30.9 Å². The van der Waals surface area contributed by atoms with E-state index in [2.05, 4.69) is 11.8 Å². The van der Waals surface area contributed by atoms with Gasteiger partial charge in [-0.15, -0.1) is 0 Å². The fraction of sp³-hybridized carbons (Fsp3) is 0.562. The number of likely N-dealkylation sites (N-methyl/N-ethyl adjacent to an activating group) is 1. The van der Waals surface area contributed by atoms with Crippen LogP contribution in [0, 0.1) is 0 Å². The average molecular weight is 291 g/mol. The number of nitrogen functional groups attached to an aromatic ring is 1. The number of carbonyl (C=O) groups is 1. The molecule has 0 spiro atoms. The number of carbonyl (C=O) groups excluding carboxylic acids is 1. The van der Waals surface area contributed by atoms with Crippen LogP contribution in [-0.2, 0) is 4.79 Å². The number of ether oxygens (including phenoxy) is 1. The number of para-hydroxylation sites is 1. The lowest BCUT2D eigenvalue weighted by molar-refractivity contribution is -0.129. The van der Waals surface area contributed by atoms with Crippen molar-refractivity contribution < 1.29 is 9.53 Å². The standard InChI is InChI=1S/C16H25N3O2/c1-4-12-10-19(11-15(20)18(5-2)6-3)16-13(17)8-7-9-14(16)21-12/h7-9,12H,4-6,10-11,17H2,1-3H3. The lowest BCUT2D eigenvalue weighted by atomic mass is 10.1.